The van der Waals surface area contributed by atoms with Crippen LogP contribution in [0.15, 0.2) is 46.9 Å². The fourth-order valence-corrected chi connectivity index (χ4v) is 6.74. The minimum Gasteiger partial charge on any atom is -0.759 e. The summed E-state index contributed by atoms with van der Waals surface area (Å²) in [5.74, 6) is -0.208. The van der Waals surface area contributed by atoms with E-state index in [2.05, 4.69) is 20.6 Å². The van der Waals surface area contributed by atoms with Gasteiger partial charge in [-0.05, 0) is 35.4 Å². The molecule has 5 rings (SSSR count). The second kappa shape index (κ2) is 11.5. The third-order valence-electron chi connectivity index (χ3n) is 5.92. The molecule has 2 unspecified atom stereocenters. The molecule has 1 saturated heterocycles. The molecule has 1 aliphatic heterocycles. The number of sulfone groups is 1. The Morgan fingerprint density at radius 3 is 2.56 bits per heavy atom. The lowest BCUT2D eigenvalue weighted by Gasteiger charge is -2.26. The molecule has 1 amide bonds. The van der Waals surface area contributed by atoms with Gasteiger partial charge in [0.25, 0.3) is 5.91 Å². The molecule has 2 atom stereocenters. The third kappa shape index (κ3) is 6.38. The van der Waals surface area contributed by atoms with Crippen LogP contribution in [0.2, 0.25) is 0 Å². The largest absolute Gasteiger partial charge is 0.759 e. The standard InChI is InChI=1S/C23H24N6O7S3/c1-39(33,34)20(21-27-26-19(36-21)13-24-28-38(31)32)22-25-17-12-16(6-7-18(17)37-22)14-2-4-15(5-3-14)23(30)29-8-10-35-11-9-29/h2-7,12,20,24,28H,8-11,13H2,1H3,(H,31,32)/p-1. The molecule has 16 heteroatoms. The first-order chi connectivity index (χ1) is 18.7. The predicted molar refractivity (Wildman–Crippen MR) is 142 cm³/mol. The highest BCUT2D eigenvalue weighted by Gasteiger charge is 2.34. The van der Waals surface area contributed by atoms with Gasteiger partial charge in [0.1, 0.15) is 5.01 Å². The Balaban J connectivity index is 1.38. The van der Waals surface area contributed by atoms with Crippen LogP contribution in [0.3, 0.4) is 0 Å². The SMILES string of the molecule is CS(=O)(=O)C(c1nnc(CNNS(=O)[O-])o1)c1nc2cc(-c3ccc(C(=O)N4CCOCC4)cc3)ccc2s1. The summed E-state index contributed by atoms with van der Waals surface area (Å²) in [6, 6.07) is 12.9. The maximum atomic E-state index is 12.7. The number of carbonyl (C=O) groups excluding carboxylic acids is 1. The number of amides is 1. The molecule has 3 heterocycles. The van der Waals surface area contributed by atoms with Gasteiger partial charge >= 0.3 is 0 Å². The lowest BCUT2D eigenvalue weighted by molar-refractivity contribution is 0.0303. The van der Waals surface area contributed by atoms with Gasteiger partial charge in [0.2, 0.25) is 11.8 Å². The number of hydrazine groups is 1. The van der Waals surface area contributed by atoms with E-state index in [1.807, 2.05) is 35.2 Å². The number of fused-ring (bicyclic) bond motifs is 1. The Morgan fingerprint density at radius 2 is 1.87 bits per heavy atom. The van der Waals surface area contributed by atoms with Crippen LogP contribution in [-0.2, 0) is 32.4 Å². The molecule has 0 saturated carbocycles. The molecule has 1 aliphatic rings. The fourth-order valence-electron chi connectivity index (χ4n) is 4.08. The first-order valence-electron chi connectivity index (χ1n) is 11.7. The van der Waals surface area contributed by atoms with Crippen molar-refractivity contribution in [3.05, 3.63) is 64.8 Å². The number of morpholine rings is 1. The molecule has 206 valence electrons. The van der Waals surface area contributed by atoms with Crippen LogP contribution in [0.5, 0.6) is 0 Å². The highest BCUT2D eigenvalue weighted by atomic mass is 32.2. The van der Waals surface area contributed by atoms with E-state index in [-0.39, 0.29) is 29.2 Å². The maximum absolute atomic E-state index is 12.7. The quantitative estimate of drug-likeness (QED) is 0.212. The maximum Gasteiger partial charge on any atom is 0.254 e. The zero-order valence-corrected chi connectivity index (χ0v) is 23.0. The van der Waals surface area contributed by atoms with E-state index in [1.54, 1.807) is 17.0 Å². The Bertz CT molecular complexity index is 1610. The summed E-state index contributed by atoms with van der Waals surface area (Å²) >= 11 is -1.34. The highest BCUT2D eigenvalue weighted by molar-refractivity contribution is 7.91. The van der Waals surface area contributed by atoms with Crippen molar-refractivity contribution in [2.45, 2.75) is 11.8 Å². The van der Waals surface area contributed by atoms with Crippen molar-refractivity contribution in [1.29, 1.82) is 0 Å². The van der Waals surface area contributed by atoms with Gasteiger partial charge in [0.15, 0.2) is 15.1 Å². The van der Waals surface area contributed by atoms with Crippen LogP contribution in [0, 0.1) is 0 Å². The monoisotopic (exact) mass is 591 g/mol. The van der Waals surface area contributed by atoms with Crippen LogP contribution in [0.1, 0.15) is 32.4 Å². The number of thiazole rings is 1. The summed E-state index contributed by atoms with van der Waals surface area (Å²) in [5, 5.41) is 6.63. The molecule has 0 aliphatic carbocycles. The number of hydrogen-bond donors (Lipinski definition) is 2. The summed E-state index contributed by atoms with van der Waals surface area (Å²) in [7, 11) is -3.75. The van der Waals surface area contributed by atoms with Gasteiger partial charge in [-0.25, -0.2) is 18.8 Å². The first kappa shape index (κ1) is 27.4. The van der Waals surface area contributed by atoms with Gasteiger partial charge in [-0.3, -0.25) is 9.00 Å². The lowest BCUT2D eigenvalue weighted by atomic mass is 10.0. The van der Waals surface area contributed by atoms with E-state index < -0.39 is 26.4 Å². The Hall–Kier alpha value is -3.12. The topological polar surface area (TPSA) is 180 Å². The van der Waals surface area contributed by atoms with Gasteiger partial charge in [0.05, 0.1) is 30.0 Å². The normalized spacial score (nSPS) is 15.9. The van der Waals surface area contributed by atoms with Crippen LogP contribution in [0.4, 0.5) is 0 Å². The van der Waals surface area contributed by atoms with Crippen molar-refractivity contribution in [3.8, 4) is 11.1 Å². The Kier molecular flexibility index (Phi) is 8.13. The predicted octanol–water partition coefficient (Wildman–Crippen LogP) is 1.34. The minimum absolute atomic E-state index is 0.00412. The second-order valence-electron chi connectivity index (χ2n) is 8.65. The van der Waals surface area contributed by atoms with E-state index in [4.69, 9.17) is 9.15 Å². The number of rotatable bonds is 9. The molecule has 13 nitrogen and oxygen atoms in total. The minimum atomic E-state index is -3.75. The van der Waals surface area contributed by atoms with Crippen LogP contribution < -0.4 is 10.3 Å². The molecule has 2 aromatic heterocycles. The second-order valence-corrected chi connectivity index (χ2v) is 12.5. The highest BCUT2D eigenvalue weighted by Crippen LogP contribution is 2.36. The number of benzene rings is 2. The molecule has 2 aromatic carbocycles. The summed E-state index contributed by atoms with van der Waals surface area (Å²) in [4.78, 5) is 21.0. The van der Waals surface area contributed by atoms with Crippen molar-refractivity contribution in [3.63, 3.8) is 0 Å². The van der Waals surface area contributed by atoms with Gasteiger partial charge < -0.3 is 18.6 Å². The van der Waals surface area contributed by atoms with Crippen molar-refractivity contribution >= 4 is 48.6 Å². The van der Waals surface area contributed by atoms with Crippen LogP contribution >= 0.6 is 11.3 Å². The van der Waals surface area contributed by atoms with Crippen molar-refractivity contribution in [1.82, 2.24) is 30.3 Å². The number of aromatic nitrogens is 3. The summed E-state index contributed by atoms with van der Waals surface area (Å²) < 4.78 is 58.1. The zero-order valence-electron chi connectivity index (χ0n) is 20.5. The van der Waals surface area contributed by atoms with E-state index >= 15 is 0 Å². The molecule has 39 heavy (non-hydrogen) atoms. The third-order valence-corrected chi connectivity index (χ3v) is 8.76. The van der Waals surface area contributed by atoms with Gasteiger partial charge in [0, 0.05) is 36.2 Å². The number of carbonyl (C=O) groups is 1. The van der Waals surface area contributed by atoms with E-state index in [1.165, 1.54) is 11.3 Å². The van der Waals surface area contributed by atoms with E-state index in [0.717, 1.165) is 22.1 Å². The summed E-state index contributed by atoms with van der Waals surface area (Å²) in [6.07, 6.45) is 1.05. The molecule has 0 bridgehead atoms. The molecule has 1 fully saturated rings. The zero-order chi connectivity index (χ0) is 27.6. The average Bonchev–Trinajstić information content (AvgIpc) is 3.54. The van der Waals surface area contributed by atoms with E-state index in [9.17, 15) is 22.0 Å². The Morgan fingerprint density at radius 1 is 1.15 bits per heavy atom. The molecule has 4 aromatic rings. The Labute approximate surface area is 229 Å². The van der Waals surface area contributed by atoms with Crippen molar-refractivity contribution in [2.24, 2.45) is 0 Å². The lowest BCUT2D eigenvalue weighted by Crippen LogP contribution is -2.40. The van der Waals surface area contributed by atoms with Gasteiger partial charge in [-0.1, -0.05) is 18.2 Å². The first-order valence-corrected chi connectivity index (χ1v) is 15.5. The molecule has 0 spiro atoms. The number of nitrogens with one attached hydrogen (secondary N) is 2. The van der Waals surface area contributed by atoms with Crippen LogP contribution in [0.25, 0.3) is 21.3 Å². The number of ether oxygens (including phenoxy) is 1. The van der Waals surface area contributed by atoms with Crippen molar-refractivity contribution < 1.29 is 31.1 Å². The van der Waals surface area contributed by atoms with Crippen molar-refractivity contribution in [2.75, 3.05) is 32.6 Å². The summed E-state index contributed by atoms with van der Waals surface area (Å²) in [6.45, 7) is 2.07. The molecule has 2 N–H and O–H groups in total. The molecule has 0 radical (unpaired) electrons. The smallest absolute Gasteiger partial charge is 0.254 e. The number of hydrogen-bond acceptors (Lipinski definition) is 12. The molecular weight excluding hydrogens is 568 g/mol. The van der Waals surface area contributed by atoms with Crippen LogP contribution in [-0.4, -0.2) is 75.7 Å². The van der Waals surface area contributed by atoms with E-state index in [0.29, 0.717) is 37.4 Å². The van der Waals surface area contributed by atoms with Gasteiger partial charge in [-0.15, -0.1) is 21.5 Å². The summed E-state index contributed by atoms with van der Waals surface area (Å²) in [5.41, 5.74) is 5.28. The van der Waals surface area contributed by atoms with Gasteiger partial charge in [-0.2, -0.15) is 4.83 Å². The average molecular weight is 592 g/mol. The molecular formula is C23H23N6O7S3-. The number of nitrogens with zero attached hydrogens (tertiary/aromatic N) is 4. The fraction of sp³-hybridized carbons (Fsp3) is 0.304.